The van der Waals surface area contributed by atoms with Crippen molar-refractivity contribution >= 4 is 23.8 Å². The molecule has 5 nitrogen and oxygen atoms in total. The average Bonchev–Trinajstić information content (AvgIpc) is 2.74. The molecule has 2 N–H and O–H groups in total. The number of nitrogens with zero attached hydrogens (tertiary/aromatic N) is 1. The van der Waals surface area contributed by atoms with Crippen molar-refractivity contribution in [2.24, 2.45) is 5.41 Å². The first kappa shape index (κ1) is 15.9. The van der Waals surface area contributed by atoms with Crippen molar-refractivity contribution in [2.45, 2.75) is 12.6 Å². The number of carboxylic acids is 1. The summed E-state index contributed by atoms with van der Waals surface area (Å²) in [7, 11) is 0. The van der Waals surface area contributed by atoms with E-state index in [1.807, 2.05) is 6.26 Å². The van der Waals surface area contributed by atoms with Crippen molar-refractivity contribution < 1.29 is 27.9 Å². The lowest BCUT2D eigenvalue weighted by Crippen LogP contribution is -2.49. The number of aliphatic carboxylic acids is 1. The van der Waals surface area contributed by atoms with Crippen LogP contribution in [0.3, 0.4) is 0 Å². The van der Waals surface area contributed by atoms with E-state index in [1.54, 1.807) is 0 Å². The predicted molar refractivity (Wildman–Crippen MR) is 64.1 cm³/mol. The fraction of sp³-hybridized carbons (Fsp3) is 0.800. The number of carboxylic acid groups (broad SMARTS) is 1. The molecule has 1 fully saturated rings. The number of hydrogen-bond acceptors (Lipinski definition) is 3. The van der Waals surface area contributed by atoms with Crippen LogP contribution in [-0.2, 0) is 4.79 Å². The van der Waals surface area contributed by atoms with Crippen LogP contribution >= 0.6 is 11.8 Å². The van der Waals surface area contributed by atoms with Crippen LogP contribution in [0.15, 0.2) is 0 Å². The van der Waals surface area contributed by atoms with Gasteiger partial charge in [0.1, 0.15) is 0 Å². The van der Waals surface area contributed by atoms with Gasteiger partial charge in [0, 0.05) is 25.4 Å². The van der Waals surface area contributed by atoms with Gasteiger partial charge in [-0.25, -0.2) is 4.79 Å². The number of alkyl halides is 3. The Morgan fingerprint density at radius 1 is 1.47 bits per heavy atom. The first-order valence-corrected chi connectivity index (χ1v) is 6.96. The van der Waals surface area contributed by atoms with Gasteiger partial charge in [0.15, 0.2) is 5.41 Å². The lowest BCUT2D eigenvalue weighted by molar-refractivity contribution is -0.226. The van der Waals surface area contributed by atoms with E-state index in [0.29, 0.717) is 12.3 Å². The van der Waals surface area contributed by atoms with Gasteiger partial charge in [0.05, 0.1) is 0 Å². The van der Waals surface area contributed by atoms with Gasteiger partial charge in [-0.15, -0.1) is 0 Å². The van der Waals surface area contributed by atoms with Crippen LogP contribution in [-0.4, -0.2) is 59.8 Å². The molecule has 0 spiro atoms. The number of likely N-dealkylation sites (tertiary alicyclic amines) is 1. The van der Waals surface area contributed by atoms with Crippen molar-refractivity contribution in [2.75, 3.05) is 31.6 Å². The van der Waals surface area contributed by atoms with E-state index in [-0.39, 0.29) is 6.54 Å². The van der Waals surface area contributed by atoms with Gasteiger partial charge in [-0.05, 0) is 12.7 Å². The SMILES string of the molecule is CSCCNC(=O)N1CCC(C(=O)O)(C(F)(F)F)C1. The third kappa shape index (κ3) is 3.26. The highest BCUT2D eigenvalue weighted by Gasteiger charge is 2.64. The second-order valence-electron chi connectivity index (χ2n) is 4.28. The molecule has 1 aliphatic rings. The number of urea groups is 1. The van der Waals surface area contributed by atoms with Crippen molar-refractivity contribution in [1.29, 1.82) is 0 Å². The van der Waals surface area contributed by atoms with E-state index < -0.39 is 36.6 Å². The molecule has 1 rings (SSSR count). The van der Waals surface area contributed by atoms with Gasteiger partial charge in [-0.1, -0.05) is 0 Å². The number of carbonyl (C=O) groups is 2. The summed E-state index contributed by atoms with van der Waals surface area (Å²) < 4.78 is 38.6. The van der Waals surface area contributed by atoms with Crippen LogP contribution in [0.25, 0.3) is 0 Å². The average molecular weight is 300 g/mol. The maximum atomic E-state index is 12.9. The van der Waals surface area contributed by atoms with Crippen molar-refractivity contribution in [1.82, 2.24) is 10.2 Å². The number of hydrogen-bond donors (Lipinski definition) is 2. The molecule has 0 aromatic heterocycles. The number of carbonyl (C=O) groups excluding carboxylic acids is 1. The topological polar surface area (TPSA) is 69.6 Å². The van der Waals surface area contributed by atoms with Crippen molar-refractivity contribution in [3.63, 3.8) is 0 Å². The minimum atomic E-state index is -4.87. The minimum Gasteiger partial charge on any atom is -0.481 e. The normalized spacial score (nSPS) is 23.5. The third-order valence-electron chi connectivity index (χ3n) is 3.09. The smallest absolute Gasteiger partial charge is 0.406 e. The summed E-state index contributed by atoms with van der Waals surface area (Å²) in [6.45, 7) is -0.712. The lowest BCUT2D eigenvalue weighted by atomic mass is 9.86. The van der Waals surface area contributed by atoms with Crippen molar-refractivity contribution in [3.05, 3.63) is 0 Å². The molecule has 0 aromatic carbocycles. The Balaban J connectivity index is 2.70. The van der Waals surface area contributed by atoms with Gasteiger partial charge in [-0.3, -0.25) is 4.79 Å². The molecule has 0 aromatic rings. The molecule has 0 radical (unpaired) electrons. The fourth-order valence-corrected chi connectivity index (χ4v) is 2.19. The van der Waals surface area contributed by atoms with Gasteiger partial charge in [-0.2, -0.15) is 24.9 Å². The van der Waals surface area contributed by atoms with Crippen LogP contribution in [0, 0.1) is 5.41 Å². The predicted octanol–water partition coefficient (Wildman–Crippen LogP) is 1.40. The first-order valence-electron chi connectivity index (χ1n) is 5.56. The number of rotatable bonds is 4. The Kier molecular flexibility index (Phi) is 4.94. The standard InChI is InChI=1S/C10H15F3N2O3S/c1-19-5-3-14-8(18)15-4-2-9(6-15,7(16)17)10(11,12)13/h2-6H2,1H3,(H,14,18)(H,16,17). The highest BCUT2D eigenvalue weighted by atomic mass is 32.2. The Hall–Kier alpha value is -1.12. The molecule has 0 saturated carbocycles. The summed E-state index contributed by atoms with van der Waals surface area (Å²) in [6.07, 6.45) is -3.64. The quantitative estimate of drug-likeness (QED) is 0.770. The molecule has 110 valence electrons. The monoisotopic (exact) mass is 300 g/mol. The maximum absolute atomic E-state index is 12.9. The van der Waals surface area contributed by atoms with Gasteiger partial charge < -0.3 is 15.3 Å². The highest BCUT2D eigenvalue weighted by Crippen LogP contribution is 2.45. The maximum Gasteiger partial charge on any atom is 0.406 e. The molecule has 1 saturated heterocycles. The van der Waals surface area contributed by atoms with Crippen LogP contribution in [0.4, 0.5) is 18.0 Å². The largest absolute Gasteiger partial charge is 0.481 e. The van der Waals surface area contributed by atoms with Crippen LogP contribution in [0.1, 0.15) is 6.42 Å². The summed E-state index contributed by atoms with van der Waals surface area (Å²) in [5.41, 5.74) is -2.84. The zero-order chi connectivity index (χ0) is 14.7. The molecule has 1 aliphatic heterocycles. The lowest BCUT2D eigenvalue weighted by Gasteiger charge is -2.27. The second-order valence-corrected chi connectivity index (χ2v) is 5.27. The molecule has 1 unspecified atom stereocenters. The zero-order valence-electron chi connectivity index (χ0n) is 10.3. The number of halogens is 3. The van der Waals surface area contributed by atoms with E-state index >= 15 is 0 Å². The summed E-state index contributed by atoms with van der Waals surface area (Å²) >= 11 is 1.49. The van der Waals surface area contributed by atoms with E-state index in [0.717, 1.165) is 4.90 Å². The van der Waals surface area contributed by atoms with E-state index in [1.165, 1.54) is 11.8 Å². The van der Waals surface area contributed by atoms with E-state index in [2.05, 4.69) is 5.32 Å². The molecule has 19 heavy (non-hydrogen) atoms. The Morgan fingerprint density at radius 3 is 2.53 bits per heavy atom. The second kappa shape index (κ2) is 5.89. The number of nitrogens with one attached hydrogen (secondary N) is 1. The molecule has 9 heteroatoms. The summed E-state index contributed by atoms with van der Waals surface area (Å²) in [5, 5.41) is 11.3. The summed E-state index contributed by atoms with van der Waals surface area (Å²) in [6, 6.07) is -0.651. The fourth-order valence-electron chi connectivity index (χ4n) is 1.88. The summed E-state index contributed by atoms with van der Waals surface area (Å²) in [5.74, 6) is -1.29. The molecular formula is C10H15F3N2O3S. The zero-order valence-corrected chi connectivity index (χ0v) is 11.1. The van der Waals surface area contributed by atoms with E-state index in [4.69, 9.17) is 5.11 Å². The molecule has 0 aliphatic carbocycles. The number of amides is 2. The molecule has 0 bridgehead atoms. The Labute approximate surface area is 112 Å². The van der Waals surface area contributed by atoms with Crippen LogP contribution in [0.5, 0.6) is 0 Å². The van der Waals surface area contributed by atoms with Crippen molar-refractivity contribution in [3.8, 4) is 0 Å². The van der Waals surface area contributed by atoms with Gasteiger partial charge >= 0.3 is 18.2 Å². The van der Waals surface area contributed by atoms with Gasteiger partial charge in [0.2, 0.25) is 0 Å². The first-order chi connectivity index (χ1) is 8.74. The number of thioether (sulfide) groups is 1. The molecule has 1 heterocycles. The van der Waals surface area contributed by atoms with Crippen LogP contribution in [0.2, 0.25) is 0 Å². The molecule has 1 atom stereocenters. The molecule has 2 amide bonds. The van der Waals surface area contributed by atoms with Crippen LogP contribution < -0.4 is 5.32 Å². The van der Waals surface area contributed by atoms with E-state index in [9.17, 15) is 22.8 Å². The Morgan fingerprint density at radius 2 is 2.11 bits per heavy atom. The third-order valence-corrected chi connectivity index (χ3v) is 3.70. The molecular weight excluding hydrogens is 285 g/mol. The Bertz CT molecular complexity index is 364. The highest BCUT2D eigenvalue weighted by molar-refractivity contribution is 7.98. The minimum absolute atomic E-state index is 0.211. The summed E-state index contributed by atoms with van der Waals surface area (Å²) in [4.78, 5) is 23.4. The van der Waals surface area contributed by atoms with Gasteiger partial charge in [0.25, 0.3) is 0 Å².